The second kappa shape index (κ2) is 4.04. The minimum Gasteiger partial charge on any atom is -0.353 e. The predicted molar refractivity (Wildman–Crippen MR) is 45.6 cm³/mol. The molecule has 1 amide bonds. The monoisotopic (exact) mass is 167 g/mol. The van der Waals surface area contributed by atoms with E-state index in [4.69, 9.17) is 0 Å². The van der Waals surface area contributed by atoms with Crippen molar-refractivity contribution in [2.75, 3.05) is 0 Å². The van der Waals surface area contributed by atoms with Gasteiger partial charge in [0.2, 0.25) is 5.91 Å². The smallest absolute Gasteiger partial charge is 0.220 e. The average molecular weight is 167 g/mol. The van der Waals surface area contributed by atoms with Crippen LogP contribution in [-0.2, 0) is 9.59 Å². The normalized spacial score (nSPS) is 23.1. The first kappa shape index (κ1) is 8.97. The van der Waals surface area contributed by atoms with E-state index >= 15 is 0 Å². The van der Waals surface area contributed by atoms with Gasteiger partial charge in [0, 0.05) is 12.5 Å². The SMILES string of the molecule is CC(=O)/C=C/CC1CCC(=O)N1. The summed E-state index contributed by atoms with van der Waals surface area (Å²) < 4.78 is 0. The van der Waals surface area contributed by atoms with Crippen LogP contribution in [-0.4, -0.2) is 17.7 Å². The Morgan fingerprint density at radius 2 is 2.50 bits per heavy atom. The predicted octanol–water partition coefficient (Wildman–Crippen LogP) is 0.800. The Balaban J connectivity index is 2.24. The maximum atomic E-state index is 10.7. The highest BCUT2D eigenvalue weighted by Crippen LogP contribution is 2.09. The lowest BCUT2D eigenvalue weighted by Gasteiger charge is -2.04. The van der Waals surface area contributed by atoms with Crippen molar-refractivity contribution in [3.63, 3.8) is 0 Å². The van der Waals surface area contributed by atoms with Gasteiger partial charge in [-0.15, -0.1) is 0 Å². The molecule has 0 saturated carbocycles. The first-order chi connectivity index (χ1) is 5.68. The van der Waals surface area contributed by atoms with Crippen molar-refractivity contribution in [2.24, 2.45) is 0 Å². The van der Waals surface area contributed by atoms with Crippen LogP contribution in [0.3, 0.4) is 0 Å². The maximum absolute atomic E-state index is 10.7. The molecular formula is C9H13NO2. The highest BCUT2D eigenvalue weighted by atomic mass is 16.2. The number of allylic oxidation sites excluding steroid dienone is 1. The average Bonchev–Trinajstić information content (AvgIpc) is 2.35. The summed E-state index contributed by atoms with van der Waals surface area (Å²) in [5.74, 6) is 0.176. The third-order valence-electron chi connectivity index (χ3n) is 1.86. The lowest BCUT2D eigenvalue weighted by atomic mass is 10.1. The number of carbonyl (C=O) groups is 2. The number of nitrogens with one attached hydrogen (secondary N) is 1. The van der Waals surface area contributed by atoms with E-state index in [1.807, 2.05) is 6.08 Å². The van der Waals surface area contributed by atoms with Crippen molar-refractivity contribution in [1.82, 2.24) is 5.32 Å². The Kier molecular flexibility index (Phi) is 3.02. The van der Waals surface area contributed by atoms with Crippen LogP contribution in [0.1, 0.15) is 26.2 Å². The van der Waals surface area contributed by atoms with Crippen molar-refractivity contribution >= 4 is 11.7 Å². The molecule has 12 heavy (non-hydrogen) atoms. The van der Waals surface area contributed by atoms with Gasteiger partial charge in [-0.25, -0.2) is 0 Å². The van der Waals surface area contributed by atoms with E-state index in [1.165, 1.54) is 6.92 Å². The molecule has 1 unspecified atom stereocenters. The second-order valence-electron chi connectivity index (χ2n) is 3.05. The fourth-order valence-electron chi connectivity index (χ4n) is 1.25. The van der Waals surface area contributed by atoms with Gasteiger partial charge in [-0.05, 0) is 25.8 Å². The molecular weight excluding hydrogens is 154 g/mol. The number of hydrogen-bond donors (Lipinski definition) is 1. The molecule has 1 heterocycles. The van der Waals surface area contributed by atoms with Gasteiger partial charge in [-0.3, -0.25) is 9.59 Å². The number of amides is 1. The summed E-state index contributed by atoms with van der Waals surface area (Å²) in [7, 11) is 0. The molecule has 3 heteroatoms. The van der Waals surface area contributed by atoms with E-state index < -0.39 is 0 Å². The molecule has 1 saturated heterocycles. The van der Waals surface area contributed by atoms with E-state index in [1.54, 1.807) is 6.08 Å². The van der Waals surface area contributed by atoms with Gasteiger partial charge < -0.3 is 5.32 Å². The van der Waals surface area contributed by atoms with E-state index in [0.717, 1.165) is 12.8 Å². The summed E-state index contributed by atoms with van der Waals surface area (Å²) in [5.41, 5.74) is 0. The Morgan fingerprint density at radius 3 is 3.00 bits per heavy atom. The molecule has 1 N–H and O–H groups in total. The van der Waals surface area contributed by atoms with E-state index in [2.05, 4.69) is 5.32 Å². The van der Waals surface area contributed by atoms with Gasteiger partial charge in [0.05, 0.1) is 0 Å². The van der Waals surface area contributed by atoms with Crippen LogP contribution in [0.25, 0.3) is 0 Å². The standard InChI is InChI=1S/C9H13NO2/c1-7(11)3-2-4-8-5-6-9(12)10-8/h2-3,8H,4-6H2,1H3,(H,10,12)/b3-2+. The zero-order chi connectivity index (χ0) is 8.97. The third kappa shape index (κ3) is 2.86. The summed E-state index contributed by atoms with van der Waals surface area (Å²) in [6, 6.07) is 0.244. The van der Waals surface area contributed by atoms with Crippen LogP contribution in [0, 0.1) is 0 Å². The van der Waals surface area contributed by atoms with E-state index in [9.17, 15) is 9.59 Å². The Hall–Kier alpha value is -1.12. The first-order valence-corrected chi connectivity index (χ1v) is 4.15. The summed E-state index contributed by atoms with van der Waals surface area (Å²) in [6.07, 6.45) is 5.65. The minimum absolute atomic E-state index is 0.0549. The topological polar surface area (TPSA) is 46.2 Å². The summed E-state index contributed by atoms with van der Waals surface area (Å²) in [6.45, 7) is 1.52. The molecule has 0 aliphatic carbocycles. The Labute approximate surface area is 71.8 Å². The molecule has 1 aliphatic rings. The van der Waals surface area contributed by atoms with Gasteiger partial charge in [0.15, 0.2) is 5.78 Å². The van der Waals surface area contributed by atoms with Crippen LogP contribution >= 0.6 is 0 Å². The number of ketones is 1. The zero-order valence-electron chi connectivity index (χ0n) is 7.17. The molecule has 3 nitrogen and oxygen atoms in total. The molecule has 1 fully saturated rings. The van der Waals surface area contributed by atoms with Crippen molar-refractivity contribution < 1.29 is 9.59 Å². The fourth-order valence-corrected chi connectivity index (χ4v) is 1.25. The van der Waals surface area contributed by atoms with Gasteiger partial charge in [-0.1, -0.05) is 6.08 Å². The fraction of sp³-hybridized carbons (Fsp3) is 0.556. The highest BCUT2D eigenvalue weighted by molar-refractivity contribution is 5.87. The summed E-state index contributed by atoms with van der Waals surface area (Å²) in [5, 5.41) is 2.83. The largest absolute Gasteiger partial charge is 0.353 e. The van der Waals surface area contributed by atoms with Crippen LogP contribution in [0.4, 0.5) is 0 Å². The van der Waals surface area contributed by atoms with Crippen LogP contribution < -0.4 is 5.32 Å². The zero-order valence-corrected chi connectivity index (χ0v) is 7.17. The lowest BCUT2D eigenvalue weighted by molar-refractivity contribution is -0.119. The van der Waals surface area contributed by atoms with Gasteiger partial charge in [0.25, 0.3) is 0 Å². The minimum atomic E-state index is 0.0549. The van der Waals surface area contributed by atoms with Gasteiger partial charge in [-0.2, -0.15) is 0 Å². The van der Waals surface area contributed by atoms with Crippen molar-refractivity contribution in [3.05, 3.63) is 12.2 Å². The van der Waals surface area contributed by atoms with Crippen LogP contribution in [0.2, 0.25) is 0 Å². The van der Waals surface area contributed by atoms with Crippen molar-refractivity contribution in [1.29, 1.82) is 0 Å². The van der Waals surface area contributed by atoms with Gasteiger partial charge >= 0.3 is 0 Å². The number of rotatable bonds is 3. The molecule has 0 bridgehead atoms. The lowest BCUT2D eigenvalue weighted by Crippen LogP contribution is -2.24. The molecule has 0 radical (unpaired) electrons. The maximum Gasteiger partial charge on any atom is 0.220 e. The van der Waals surface area contributed by atoms with Crippen molar-refractivity contribution in [3.8, 4) is 0 Å². The highest BCUT2D eigenvalue weighted by Gasteiger charge is 2.18. The molecule has 1 aliphatic heterocycles. The molecule has 0 aromatic heterocycles. The molecule has 0 spiro atoms. The molecule has 1 rings (SSSR count). The summed E-state index contributed by atoms with van der Waals surface area (Å²) >= 11 is 0. The first-order valence-electron chi connectivity index (χ1n) is 4.15. The molecule has 66 valence electrons. The third-order valence-corrected chi connectivity index (χ3v) is 1.86. The Bertz CT molecular complexity index is 221. The van der Waals surface area contributed by atoms with Gasteiger partial charge in [0.1, 0.15) is 0 Å². The number of carbonyl (C=O) groups excluding carboxylic acids is 2. The number of hydrogen-bond acceptors (Lipinski definition) is 2. The van der Waals surface area contributed by atoms with E-state index in [-0.39, 0.29) is 17.7 Å². The molecule has 0 aromatic carbocycles. The quantitative estimate of drug-likeness (QED) is 0.632. The van der Waals surface area contributed by atoms with Crippen LogP contribution in [0.15, 0.2) is 12.2 Å². The molecule has 1 atom stereocenters. The second-order valence-corrected chi connectivity index (χ2v) is 3.05. The summed E-state index contributed by atoms with van der Waals surface area (Å²) in [4.78, 5) is 21.3. The van der Waals surface area contributed by atoms with E-state index in [0.29, 0.717) is 6.42 Å². The Morgan fingerprint density at radius 1 is 1.75 bits per heavy atom. The van der Waals surface area contributed by atoms with Crippen molar-refractivity contribution in [2.45, 2.75) is 32.2 Å². The molecule has 0 aromatic rings. The van der Waals surface area contributed by atoms with Crippen LogP contribution in [0.5, 0.6) is 0 Å².